The van der Waals surface area contributed by atoms with Gasteiger partial charge in [-0.1, -0.05) is 18.2 Å². The number of nitrogens with one attached hydrogen (secondary N) is 1. The summed E-state index contributed by atoms with van der Waals surface area (Å²) in [5, 5.41) is 0. The molecule has 1 rings (SSSR count). The molecule has 78 valence electrons. The van der Waals surface area contributed by atoms with Crippen molar-refractivity contribution in [3.63, 3.8) is 0 Å². The number of carbonyl (C=O) groups excluding carboxylic acids is 1. The molecular formula is C7H9N2NaO4S. The van der Waals surface area contributed by atoms with Crippen molar-refractivity contribution in [1.82, 2.24) is 5.43 Å². The van der Waals surface area contributed by atoms with E-state index in [0.717, 1.165) is 0 Å². The first-order valence-corrected chi connectivity index (χ1v) is 4.45. The first-order chi connectivity index (χ1) is 6.57. The van der Waals surface area contributed by atoms with Crippen LogP contribution in [0.25, 0.3) is 0 Å². The van der Waals surface area contributed by atoms with Gasteiger partial charge in [-0.15, -0.1) is 0 Å². The molecule has 0 fully saturated rings. The molecule has 1 amide bonds. The van der Waals surface area contributed by atoms with Gasteiger partial charge in [-0.3, -0.25) is 10.2 Å². The average Bonchev–Trinajstić information content (AvgIpc) is 2.17. The molecule has 0 radical (unpaired) electrons. The van der Waals surface area contributed by atoms with Crippen LogP contribution in [0.4, 0.5) is 0 Å². The summed E-state index contributed by atoms with van der Waals surface area (Å²) in [6.45, 7) is 0. The average molecular weight is 240 g/mol. The smallest absolute Gasteiger partial charge is 0.750 e. The van der Waals surface area contributed by atoms with Crippen molar-refractivity contribution in [2.45, 2.75) is 0 Å². The third-order valence-corrected chi connectivity index (χ3v) is 1.17. The van der Waals surface area contributed by atoms with Crippen molar-refractivity contribution >= 4 is 17.3 Å². The normalized spacial score (nSPS) is 10.1. The van der Waals surface area contributed by atoms with Crippen molar-refractivity contribution in [3.8, 4) is 0 Å². The zero-order valence-corrected chi connectivity index (χ0v) is 10.9. The summed E-state index contributed by atoms with van der Waals surface area (Å²) in [5.41, 5.74) is 2.62. The van der Waals surface area contributed by atoms with Crippen LogP contribution < -0.4 is 40.8 Å². The molecule has 0 aliphatic heterocycles. The number of rotatable bonds is 1. The van der Waals surface area contributed by atoms with E-state index in [1.165, 1.54) is 0 Å². The Kier molecular flexibility index (Phi) is 11.7. The van der Waals surface area contributed by atoms with Gasteiger partial charge in [0.25, 0.3) is 5.91 Å². The number of hydrogen-bond donors (Lipinski definition) is 3. The summed E-state index contributed by atoms with van der Waals surface area (Å²) in [6.07, 6.45) is 0. The predicted molar refractivity (Wildman–Crippen MR) is 49.6 cm³/mol. The maximum absolute atomic E-state index is 10.8. The van der Waals surface area contributed by atoms with Gasteiger partial charge in [0.15, 0.2) is 0 Å². The largest absolute Gasteiger partial charge is 1.00 e. The Hall–Kier alpha value is -0.280. The van der Waals surface area contributed by atoms with E-state index in [9.17, 15) is 4.79 Å². The Bertz CT molecular complexity index is 305. The molecule has 8 heteroatoms. The Balaban J connectivity index is 0. The van der Waals surface area contributed by atoms with Gasteiger partial charge in [0.1, 0.15) is 0 Å². The third kappa shape index (κ3) is 10.0. The van der Waals surface area contributed by atoms with Crippen LogP contribution in [-0.4, -0.2) is 19.2 Å². The van der Waals surface area contributed by atoms with Crippen molar-refractivity contribution in [1.29, 1.82) is 0 Å². The molecule has 0 heterocycles. The van der Waals surface area contributed by atoms with E-state index in [4.69, 9.17) is 19.2 Å². The molecule has 6 nitrogen and oxygen atoms in total. The summed E-state index contributed by atoms with van der Waals surface area (Å²) in [7, 11) is 0. The van der Waals surface area contributed by atoms with Gasteiger partial charge in [0.05, 0.1) is 11.4 Å². The van der Waals surface area contributed by atoms with Crippen LogP contribution >= 0.6 is 0 Å². The first kappa shape index (κ1) is 17.1. The SMILES string of the molecule is NNC(=O)c1ccccc1.O=S([O-])O.[Na+]. The van der Waals surface area contributed by atoms with Crippen LogP contribution in [-0.2, 0) is 11.4 Å². The molecule has 0 aromatic heterocycles. The van der Waals surface area contributed by atoms with Gasteiger partial charge < -0.3 is 9.11 Å². The number of nitrogen functional groups attached to an aromatic ring is 1. The molecule has 0 aliphatic rings. The number of carbonyl (C=O) groups is 1. The second kappa shape index (κ2) is 10.2. The van der Waals surface area contributed by atoms with Crippen molar-refractivity contribution in [3.05, 3.63) is 35.9 Å². The number of nitrogens with two attached hydrogens (primary N) is 1. The quantitative estimate of drug-likeness (QED) is 0.156. The fourth-order valence-corrected chi connectivity index (χ4v) is 0.673. The van der Waals surface area contributed by atoms with Crippen molar-refractivity contribution in [2.24, 2.45) is 5.84 Å². The molecule has 1 aromatic carbocycles. The summed E-state index contributed by atoms with van der Waals surface area (Å²) in [4.78, 5) is 10.8. The zero-order valence-electron chi connectivity index (χ0n) is 8.04. The van der Waals surface area contributed by atoms with Crippen LogP contribution in [0.1, 0.15) is 10.4 Å². The molecule has 0 saturated heterocycles. The van der Waals surface area contributed by atoms with Crippen LogP contribution in [0.15, 0.2) is 30.3 Å². The first-order valence-electron chi connectivity index (χ1n) is 3.42. The molecular weight excluding hydrogens is 231 g/mol. The third-order valence-electron chi connectivity index (χ3n) is 1.17. The Morgan fingerprint density at radius 3 is 2.13 bits per heavy atom. The molecule has 4 N–H and O–H groups in total. The number of hydrogen-bond acceptors (Lipinski definition) is 4. The van der Waals surface area contributed by atoms with E-state index in [1.807, 2.05) is 11.5 Å². The standard InChI is InChI=1S/C7H8N2O.Na.H2O3S/c8-9-7(10)6-4-2-1-3-5-6;;1-4(2)3/h1-5H,8H2,(H,9,10);;(H2,1,2,3)/q;+1;/p-1. The molecule has 1 aromatic rings. The Morgan fingerprint density at radius 2 is 1.80 bits per heavy atom. The number of benzene rings is 1. The van der Waals surface area contributed by atoms with E-state index in [1.54, 1.807) is 24.3 Å². The van der Waals surface area contributed by atoms with Gasteiger partial charge >= 0.3 is 29.6 Å². The molecule has 1 atom stereocenters. The van der Waals surface area contributed by atoms with Crippen molar-refractivity contribution in [2.75, 3.05) is 0 Å². The number of hydrazine groups is 1. The molecule has 0 spiro atoms. The monoisotopic (exact) mass is 240 g/mol. The number of amides is 1. The van der Waals surface area contributed by atoms with E-state index in [-0.39, 0.29) is 35.5 Å². The molecule has 0 saturated carbocycles. The summed E-state index contributed by atoms with van der Waals surface area (Å²) >= 11 is -2.86. The van der Waals surface area contributed by atoms with Gasteiger partial charge in [-0.2, -0.15) is 0 Å². The molecule has 1 unspecified atom stereocenters. The minimum atomic E-state index is -2.86. The van der Waals surface area contributed by atoms with E-state index >= 15 is 0 Å². The van der Waals surface area contributed by atoms with E-state index in [2.05, 4.69) is 0 Å². The van der Waals surface area contributed by atoms with Gasteiger partial charge in [-0.25, -0.2) is 10.1 Å². The Labute approximate surface area is 112 Å². The molecule has 0 bridgehead atoms. The summed E-state index contributed by atoms with van der Waals surface area (Å²) in [6, 6.07) is 8.80. The van der Waals surface area contributed by atoms with Crippen LogP contribution in [0, 0.1) is 0 Å². The summed E-state index contributed by atoms with van der Waals surface area (Å²) in [5.74, 6) is 4.64. The second-order valence-corrected chi connectivity index (χ2v) is 2.49. The fraction of sp³-hybridized carbons (Fsp3) is 0. The zero-order chi connectivity index (χ0) is 11.0. The topological polar surface area (TPSA) is 115 Å². The van der Waals surface area contributed by atoms with Crippen LogP contribution in [0.3, 0.4) is 0 Å². The van der Waals surface area contributed by atoms with E-state index < -0.39 is 11.4 Å². The minimum Gasteiger partial charge on any atom is -0.750 e. The van der Waals surface area contributed by atoms with E-state index in [0.29, 0.717) is 5.56 Å². The molecule has 0 aliphatic carbocycles. The van der Waals surface area contributed by atoms with Crippen LogP contribution in [0.5, 0.6) is 0 Å². The van der Waals surface area contributed by atoms with Gasteiger partial charge in [-0.05, 0) is 12.1 Å². The minimum absolute atomic E-state index is 0. The maximum atomic E-state index is 10.8. The fourth-order valence-electron chi connectivity index (χ4n) is 0.673. The maximum Gasteiger partial charge on any atom is 1.00 e. The van der Waals surface area contributed by atoms with Crippen molar-refractivity contribution < 1.29 is 47.7 Å². The predicted octanol–water partition coefficient (Wildman–Crippen LogP) is -3.37. The summed E-state index contributed by atoms with van der Waals surface area (Å²) < 4.78 is 24.1. The molecule has 15 heavy (non-hydrogen) atoms. The Morgan fingerprint density at radius 1 is 1.40 bits per heavy atom. The van der Waals surface area contributed by atoms with Crippen LogP contribution in [0.2, 0.25) is 0 Å². The van der Waals surface area contributed by atoms with Gasteiger partial charge in [0.2, 0.25) is 0 Å². The van der Waals surface area contributed by atoms with Gasteiger partial charge in [0, 0.05) is 5.56 Å². The second-order valence-electron chi connectivity index (χ2n) is 2.06.